The Kier molecular flexibility index (Phi) is 2.96. The fraction of sp³-hybridized carbons (Fsp3) is 0.429. The summed E-state index contributed by atoms with van der Waals surface area (Å²) in [6.45, 7) is 0.235. The molecule has 7 heteroatoms. The Balaban J connectivity index is 1.66. The number of benzene rings is 1. The Morgan fingerprint density at radius 1 is 1.29 bits per heavy atom. The predicted octanol–water partition coefficient (Wildman–Crippen LogP) is 2.24. The summed E-state index contributed by atoms with van der Waals surface area (Å²) in [5.41, 5.74) is 0.288. The summed E-state index contributed by atoms with van der Waals surface area (Å²) in [6, 6.07) is 6.86. The Morgan fingerprint density at radius 3 is 2.62 bits per heavy atom. The average molecular weight is 299 g/mol. The molecule has 1 saturated heterocycles. The second-order valence-electron chi connectivity index (χ2n) is 5.29. The molecule has 0 aliphatic carbocycles. The van der Waals surface area contributed by atoms with Gasteiger partial charge in [0.2, 0.25) is 5.91 Å². The molecule has 1 amide bonds. The summed E-state index contributed by atoms with van der Waals surface area (Å²) in [4.78, 5) is 24.7. The molecule has 0 atom stereocenters. The average Bonchev–Trinajstić information content (AvgIpc) is 2.68. The molecule has 21 heavy (non-hydrogen) atoms. The van der Waals surface area contributed by atoms with E-state index in [0.717, 1.165) is 0 Å². The summed E-state index contributed by atoms with van der Waals surface area (Å²) < 4.78 is 41.6. The van der Waals surface area contributed by atoms with Gasteiger partial charge in [0.1, 0.15) is 0 Å². The van der Waals surface area contributed by atoms with Crippen molar-refractivity contribution >= 4 is 11.9 Å². The second-order valence-corrected chi connectivity index (χ2v) is 5.29. The Morgan fingerprint density at radius 2 is 1.95 bits per heavy atom. The smallest absolute Gasteiger partial charge is 0.389 e. The molecule has 0 saturated carbocycles. The second kappa shape index (κ2) is 4.47. The molecule has 1 fully saturated rings. The SMILES string of the molecule is O=C1OC2(CN(C(=O)CCC(F)(F)F)C2)c2ccccc21. The number of carbonyl (C=O) groups is 2. The van der Waals surface area contributed by atoms with E-state index in [1.54, 1.807) is 24.3 Å². The third-order valence-electron chi connectivity index (χ3n) is 3.79. The quantitative estimate of drug-likeness (QED) is 0.787. The first-order chi connectivity index (χ1) is 9.81. The predicted molar refractivity (Wildman–Crippen MR) is 65.4 cm³/mol. The van der Waals surface area contributed by atoms with Crippen molar-refractivity contribution in [2.45, 2.75) is 24.6 Å². The van der Waals surface area contributed by atoms with Gasteiger partial charge in [-0.05, 0) is 6.07 Å². The fourth-order valence-corrected chi connectivity index (χ4v) is 2.73. The van der Waals surface area contributed by atoms with Crippen LogP contribution in [-0.4, -0.2) is 36.0 Å². The van der Waals surface area contributed by atoms with E-state index in [1.807, 2.05) is 0 Å². The van der Waals surface area contributed by atoms with Crippen LogP contribution in [0.3, 0.4) is 0 Å². The summed E-state index contributed by atoms with van der Waals surface area (Å²) in [6.07, 6.45) is -6.05. The number of hydrogen-bond acceptors (Lipinski definition) is 3. The van der Waals surface area contributed by atoms with Gasteiger partial charge in [0.05, 0.1) is 25.1 Å². The highest BCUT2D eigenvalue weighted by molar-refractivity contribution is 5.95. The molecule has 0 N–H and O–H groups in total. The summed E-state index contributed by atoms with van der Waals surface area (Å²) >= 11 is 0. The molecule has 2 aliphatic heterocycles. The van der Waals surface area contributed by atoms with Crippen LogP contribution in [0, 0.1) is 0 Å². The van der Waals surface area contributed by atoms with Gasteiger partial charge in [-0.15, -0.1) is 0 Å². The number of nitrogens with zero attached hydrogens (tertiary/aromatic N) is 1. The van der Waals surface area contributed by atoms with Crippen LogP contribution in [0.5, 0.6) is 0 Å². The van der Waals surface area contributed by atoms with Gasteiger partial charge >= 0.3 is 12.1 Å². The number of ether oxygens (including phenoxy) is 1. The lowest BCUT2D eigenvalue weighted by atomic mass is 9.85. The zero-order valence-electron chi connectivity index (χ0n) is 10.9. The molecule has 0 aromatic heterocycles. The number of carbonyl (C=O) groups excluding carboxylic acids is 2. The Labute approximate surface area is 118 Å². The van der Waals surface area contributed by atoms with E-state index in [0.29, 0.717) is 11.1 Å². The topological polar surface area (TPSA) is 46.6 Å². The van der Waals surface area contributed by atoms with Crippen molar-refractivity contribution < 1.29 is 27.5 Å². The molecule has 0 radical (unpaired) electrons. The van der Waals surface area contributed by atoms with Crippen molar-refractivity contribution in [1.29, 1.82) is 0 Å². The molecule has 0 unspecified atom stereocenters. The number of halogens is 3. The van der Waals surface area contributed by atoms with Crippen molar-refractivity contribution in [3.05, 3.63) is 35.4 Å². The minimum atomic E-state index is -4.34. The van der Waals surface area contributed by atoms with E-state index < -0.39 is 36.5 Å². The molecular weight excluding hydrogens is 287 g/mol. The van der Waals surface area contributed by atoms with Crippen LogP contribution in [0.15, 0.2) is 24.3 Å². The van der Waals surface area contributed by atoms with E-state index in [1.165, 1.54) is 4.90 Å². The summed E-state index contributed by atoms with van der Waals surface area (Å²) in [5.74, 6) is -1.02. The van der Waals surface area contributed by atoms with E-state index in [-0.39, 0.29) is 13.1 Å². The number of hydrogen-bond donors (Lipinski definition) is 0. The van der Waals surface area contributed by atoms with Crippen LogP contribution in [-0.2, 0) is 15.1 Å². The Bertz CT molecular complexity index is 606. The first kappa shape index (κ1) is 13.9. The maximum Gasteiger partial charge on any atom is 0.389 e. The van der Waals surface area contributed by atoms with Crippen molar-refractivity contribution in [3.63, 3.8) is 0 Å². The van der Waals surface area contributed by atoms with Gasteiger partial charge in [-0.1, -0.05) is 18.2 Å². The lowest BCUT2D eigenvalue weighted by molar-refractivity contribution is -0.164. The maximum absolute atomic E-state index is 12.1. The van der Waals surface area contributed by atoms with Crippen molar-refractivity contribution in [2.24, 2.45) is 0 Å². The lowest BCUT2D eigenvalue weighted by Gasteiger charge is -2.46. The van der Waals surface area contributed by atoms with E-state index >= 15 is 0 Å². The van der Waals surface area contributed by atoms with Crippen molar-refractivity contribution in [2.75, 3.05) is 13.1 Å². The number of rotatable bonds is 2. The number of likely N-dealkylation sites (tertiary alicyclic amines) is 1. The molecule has 1 aromatic rings. The summed E-state index contributed by atoms with van der Waals surface area (Å²) in [5, 5.41) is 0. The maximum atomic E-state index is 12.1. The fourth-order valence-electron chi connectivity index (χ4n) is 2.73. The van der Waals surface area contributed by atoms with Gasteiger partial charge in [-0.25, -0.2) is 4.79 Å². The molecule has 0 bridgehead atoms. The standard InChI is InChI=1S/C14H12F3NO3/c15-14(16,17)6-5-11(19)18-7-13(8-18)10-4-2-1-3-9(10)12(20)21-13/h1-4H,5-8H2. The number of fused-ring (bicyclic) bond motifs is 2. The molecule has 112 valence electrons. The molecule has 3 rings (SSSR count). The summed E-state index contributed by atoms with van der Waals surface area (Å²) in [7, 11) is 0. The van der Waals surface area contributed by atoms with E-state index in [2.05, 4.69) is 0 Å². The van der Waals surface area contributed by atoms with Crippen LogP contribution in [0.4, 0.5) is 13.2 Å². The highest BCUT2D eigenvalue weighted by atomic mass is 19.4. The van der Waals surface area contributed by atoms with E-state index in [9.17, 15) is 22.8 Å². The minimum absolute atomic E-state index is 0.118. The minimum Gasteiger partial charge on any atom is -0.447 e. The van der Waals surface area contributed by atoms with Crippen LogP contribution in [0.1, 0.15) is 28.8 Å². The molecular formula is C14H12F3NO3. The zero-order chi connectivity index (χ0) is 15.3. The third kappa shape index (κ3) is 2.36. The largest absolute Gasteiger partial charge is 0.447 e. The normalized spacial score (nSPS) is 19.2. The number of esters is 1. The van der Waals surface area contributed by atoms with Gasteiger partial charge in [-0.3, -0.25) is 4.79 Å². The molecule has 2 heterocycles. The number of alkyl halides is 3. The van der Waals surface area contributed by atoms with Gasteiger partial charge < -0.3 is 9.64 Å². The monoisotopic (exact) mass is 299 g/mol. The van der Waals surface area contributed by atoms with Gasteiger partial charge in [0.25, 0.3) is 0 Å². The zero-order valence-corrected chi connectivity index (χ0v) is 10.9. The third-order valence-corrected chi connectivity index (χ3v) is 3.79. The molecule has 2 aliphatic rings. The molecule has 1 aromatic carbocycles. The van der Waals surface area contributed by atoms with Gasteiger partial charge in [0.15, 0.2) is 5.60 Å². The first-order valence-electron chi connectivity index (χ1n) is 6.48. The van der Waals surface area contributed by atoms with Crippen LogP contribution in [0.25, 0.3) is 0 Å². The highest BCUT2D eigenvalue weighted by Gasteiger charge is 2.55. The van der Waals surface area contributed by atoms with Crippen LogP contribution in [0.2, 0.25) is 0 Å². The highest BCUT2D eigenvalue weighted by Crippen LogP contribution is 2.43. The lowest BCUT2D eigenvalue weighted by Crippen LogP contribution is -2.61. The Hall–Kier alpha value is -2.05. The van der Waals surface area contributed by atoms with Crippen LogP contribution >= 0.6 is 0 Å². The molecule has 1 spiro atoms. The van der Waals surface area contributed by atoms with Crippen LogP contribution < -0.4 is 0 Å². The number of amides is 1. The van der Waals surface area contributed by atoms with Crippen molar-refractivity contribution in [3.8, 4) is 0 Å². The van der Waals surface area contributed by atoms with Gasteiger partial charge in [0, 0.05) is 12.0 Å². The van der Waals surface area contributed by atoms with Crippen molar-refractivity contribution in [1.82, 2.24) is 4.90 Å². The first-order valence-corrected chi connectivity index (χ1v) is 6.48. The molecule has 4 nitrogen and oxygen atoms in total. The van der Waals surface area contributed by atoms with Gasteiger partial charge in [-0.2, -0.15) is 13.2 Å². The van der Waals surface area contributed by atoms with E-state index in [4.69, 9.17) is 4.74 Å².